The van der Waals surface area contributed by atoms with E-state index in [1.54, 1.807) is 0 Å². The predicted octanol–water partition coefficient (Wildman–Crippen LogP) is 1.56. The van der Waals surface area contributed by atoms with Gasteiger partial charge in [0.05, 0.1) is 19.1 Å². The van der Waals surface area contributed by atoms with Gasteiger partial charge in [0.2, 0.25) is 5.13 Å². The maximum Gasteiger partial charge on any atom is 0.305 e. The molecule has 0 unspecified atom stereocenters. The molecule has 2 rings (SSSR count). The molecule has 6 nitrogen and oxygen atoms in total. The van der Waals surface area contributed by atoms with E-state index < -0.39 is 5.97 Å². The minimum atomic E-state index is -0.807. The average Bonchev–Trinajstić information content (AvgIpc) is 2.88. The first kappa shape index (κ1) is 14.2. The van der Waals surface area contributed by atoms with Crippen molar-refractivity contribution in [2.75, 3.05) is 24.6 Å². The Morgan fingerprint density at radius 2 is 2.26 bits per heavy atom. The summed E-state index contributed by atoms with van der Waals surface area (Å²) in [5, 5.41) is 9.54. The quantitative estimate of drug-likeness (QED) is 0.855. The van der Waals surface area contributed by atoms with E-state index in [9.17, 15) is 4.79 Å². The molecule has 106 valence electrons. The summed E-state index contributed by atoms with van der Waals surface area (Å²) in [6, 6.07) is 0. The molecule has 0 saturated carbocycles. The first-order valence-electron chi connectivity index (χ1n) is 6.60. The van der Waals surface area contributed by atoms with Crippen LogP contribution in [0.5, 0.6) is 0 Å². The summed E-state index contributed by atoms with van der Waals surface area (Å²) in [7, 11) is 0. The number of carboxylic acid groups (broad SMARTS) is 1. The molecule has 19 heavy (non-hydrogen) atoms. The Bertz CT molecular complexity index is 416. The van der Waals surface area contributed by atoms with E-state index in [4.69, 9.17) is 9.84 Å². The number of anilines is 1. The smallest absolute Gasteiger partial charge is 0.305 e. The molecule has 1 aromatic heterocycles. The monoisotopic (exact) mass is 285 g/mol. The molecule has 1 aromatic rings. The second kappa shape index (κ2) is 6.81. The van der Waals surface area contributed by atoms with Crippen molar-refractivity contribution >= 4 is 22.6 Å². The molecule has 1 N–H and O–H groups in total. The van der Waals surface area contributed by atoms with Crippen molar-refractivity contribution in [3.8, 4) is 0 Å². The third-order valence-electron chi connectivity index (χ3n) is 3.16. The van der Waals surface area contributed by atoms with Crippen LogP contribution in [0.15, 0.2) is 0 Å². The van der Waals surface area contributed by atoms with Crippen molar-refractivity contribution in [3.05, 3.63) is 5.82 Å². The SMILES string of the molecule is CCc1nsc(N2CCC(OCCC(=O)O)CC2)n1. The second-order valence-electron chi connectivity index (χ2n) is 4.55. The molecule has 7 heteroatoms. The van der Waals surface area contributed by atoms with Crippen LogP contribution >= 0.6 is 11.5 Å². The van der Waals surface area contributed by atoms with Crippen molar-refractivity contribution in [1.82, 2.24) is 9.36 Å². The summed E-state index contributed by atoms with van der Waals surface area (Å²) >= 11 is 1.45. The van der Waals surface area contributed by atoms with Gasteiger partial charge < -0.3 is 14.7 Å². The fourth-order valence-corrected chi connectivity index (χ4v) is 2.84. The lowest BCUT2D eigenvalue weighted by Gasteiger charge is -2.31. The number of aliphatic carboxylic acids is 1. The summed E-state index contributed by atoms with van der Waals surface area (Å²) in [6.07, 6.45) is 2.96. The van der Waals surface area contributed by atoms with Gasteiger partial charge in [0, 0.05) is 31.0 Å². The Balaban J connectivity index is 1.74. The van der Waals surface area contributed by atoms with Crippen LogP contribution in [0.2, 0.25) is 0 Å². The van der Waals surface area contributed by atoms with Crippen LogP contribution in [0.25, 0.3) is 0 Å². The minimum Gasteiger partial charge on any atom is -0.481 e. The zero-order chi connectivity index (χ0) is 13.7. The van der Waals surface area contributed by atoms with Gasteiger partial charge in [0.25, 0.3) is 0 Å². The van der Waals surface area contributed by atoms with E-state index in [-0.39, 0.29) is 12.5 Å². The number of rotatable bonds is 6. The van der Waals surface area contributed by atoms with Gasteiger partial charge >= 0.3 is 5.97 Å². The standard InChI is InChI=1S/C12H19N3O3S/c1-2-10-13-12(19-14-10)15-6-3-9(4-7-15)18-8-5-11(16)17/h9H,2-8H2,1H3,(H,16,17). The summed E-state index contributed by atoms with van der Waals surface area (Å²) in [4.78, 5) is 17.1. The van der Waals surface area contributed by atoms with E-state index in [0.29, 0.717) is 6.61 Å². The van der Waals surface area contributed by atoms with Gasteiger partial charge in [0.1, 0.15) is 5.82 Å². The number of hydrogen-bond acceptors (Lipinski definition) is 6. The van der Waals surface area contributed by atoms with Crippen LogP contribution in [-0.4, -0.2) is 46.2 Å². The number of ether oxygens (including phenoxy) is 1. The van der Waals surface area contributed by atoms with Crippen LogP contribution in [0, 0.1) is 0 Å². The van der Waals surface area contributed by atoms with E-state index >= 15 is 0 Å². The Morgan fingerprint density at radius 3 is 2.84 bits per heavy atom. The maximum absolute atomic E-state index is 10.4. The number of nitrogens with zero attached hydrogens (tertiary/aromatic N) is 3. The highest BCUT2D eigenvalue weighted by Gasteiger charge is 2.22. The van der Waals surface area contributed by atoms with Crippen molar-refractivity contribution in [3.63, 3.8) is 0 Å². The molecular formula is C12H19N3O3S. The van der Waals surface area contributed by atoms with Crippen LogP contribution in [0.4, 0.5) is 5.13 Å². The molecule has 0 radical (unpaired) electrons. The third-order valence-corrected chi connectivity index (χ3v) is 3.97. The summed E-state index contributed by atoms with van der Waals surface area (Å²) in [6.45, 7) is 4.15. The number of hydrogen-bond donors (Lipinski definition) is 1. The molecule has 0 amide bonds. The summed E-state index contributed by atoms with van der Waals surface area (Å²) in [5.41, 5.74) is 0. The zero-order valence-electron chi connectivity index (χ0n) is 11.0. The lowest BCUT2D eigenvalue weighted by atomic mass is 10.1. The van der Waals surface area contributed by atoms with Crippen molar-refractivity contribution in [2.45, 2.75) is 38.7 Å². The van der Waals surface area contributed by atoms with Crippen LogP contribution in [-0.2, 0) is 16.0 Å². The van der Waals surface area contributed by atoms with Crippen molar-refractivity contribution in [2.24, 2.45) is 0 Å². The second-order valence-corrected chi connectivity index (χ2v) is 5.28. The molecule has 0 aliphatic carbocycles. The number of carbonyl (C=O) groups is 1. The van der Waals surface area contributed by atoms with Crippen molar-refractivity contribution in [1.29, 1.82) is 0 Å². The molecule has 0 aromatic carbocycles. The molecule has 1 fully saturated rings. The largest absolute Gasteiger partial charge is 0.481 e. The van der Waals surface area contributed by atoms with Crippen LogP contribution in [0.3, 0.4) is 0 Å². The normalized spacial score (nSPS) is 16.8. The molecule has 1 aliphatic heterocycles. The van der Waals surface area contributed by atoms with Gasteiger partial charge in [-0.25, -0.2) is 4.98 Å². The number of carboxylic acids is 1. The fraction of sp³-hybridized carbons (Fsp3) is 0.750. The molecule has 1 saturated heterocycles. The zero-order valence-corrected chi connectivity index (χ0v) is 11.9. The van der Waals surface area contributed by atoms with Crippen LogP contribution in [0.1, 0.15) is 32.0 Å². The number of piperidine rings is 1. The first-order chi connectivity index (χ1) is 9.19. The molecule has 0 atom stereocenters. The van der Waals surface area contributed by atoms with Crippen LogP contribution < -0.4 is 4.90 Å². The highest BCUT2D eigenvalue weighted by atomic mass is 32.1. The summed E-state index contributed by atoms with van der Waals surface area (Å²) < 4.78 is 9.85. The molecule has 2 heterocycles. The number of aromatic nitrogens is 2. The number of aryl methyl sites for hydroxylation is 1. The van der Waals surface area contributed by atoms with E-state index in [1.165, 1.54) is 11.5 Å². The molecule has 1 aliphatic rings. The predicted molar refractivity (Wildman–Crippen MR) is 72.7 cm³/mol. The van der Waals surface area contributed by atoms with Gasteiger partial charge in [-0.05, 0) is 12.8 Å². The molecule has 0 bridgehead atoms. The van der Waals surface area contributed by atoms with Gasteiger partial charge in [-0.3, -0.25) is 4.79 Å². The van der Waals surface area contributed by atoms with Gasteiger partial charge in [-0.15, -0.1) is 0 Å². The highest BCUT2D eigenvalue weighted by molar-refractivity contribution is 7.09. The van der Waals surface area contributed by atoms with E-state index in [2.05, 4.69) is 14.3 Å². The van der Waals surface area contributed by atoms with Gasteiger partial charge in [-0.1, -0.05) is 6.92 Å². The van der Waals surface area contributed by atoms with Gasteiger partial charge in [0.15, 0.2) is 0 Å². The Kier molecular flexibility index (Phi) is 5.09. The summed E-state index contributed by atoms with van der Waals surface area (Å²) in [5.74, 6) is 0.0956. The minimum absolute atomic E-state index is 0.0798. The maximum atomic E-state index is 10.4. The fourth-order valence-electron chi connectivity index (χ4n) is 2.04. The van der Waals surface area contributed by atoms with E-state index in [1.807, 2.05) is 6.92 Å². The molecular weight excluding hydrogens is 266 g/mol. The van der Waals surface area contributed by atoms with E-state index in [0.717, 1.165) is 43.3 Å². The first-order valence-corrected chi connectivity index (χ1v) is 7.37. The van der Waals surface area contributed by atoms with Crippen molar-refractivity contribution < 1.29 is 14.6 Å². The Morgan fingerprint density at radius 1 is 1.53 bits per heavy atom. The topological polar surface area (TPSA) is 75.6 Å². The Labute approximate surface area is 116 Å². The van der Waals surface area contributed by atoms with Gasteiger partial charge in [-0.2, -0.15) is 4.37 Å². The third kappa shape index (κ3) is 4.14. The Hall–Kier alpha value is -1.21. The lowest BCUT2D eigenvalue weighted by Crippen LogP contribution is -2.37. The molecule has 0 spiro atoms. The highest BCUT2D eigenvalue weighted by Crippen LogP contribution is 2.23. The average molecular weight is 285 g/mol. The lowest BCUT2D eigenvalue weighted by molar-refractivity contribution is -0.138.